The molecule has 0 saturated carbocycles. The Morgan fingerprint density at radius 2 is 2.00 bits per heavy atom. The monoisotopic (exact) mass is 373 g/mol. The Morgan fingerprint density at radius 1 is 1.28 bits per heavy atom. The van der Waals surface area contributed by atoms with E-state index in [1.165, 1.54) is 18.2 Å². The fourth-order valence-electron chi connectivity index (χ4n) is 1.82. The Kier molecular flexibility index (Phi) is 8.81. The summed E-state index contributed by atoms with van der Waals surface area (Å²) in [6.07, 6.45) is 0. The molecule has 3 N–H and O–H groups in total. The summed E-state index contributed by atoms with van der Waals surface area (Å²) in [5, 5.41) is 16.7. The zero-order valence-electron chi connectivity index (χ0n) is 14.2. The van der Waals surface area contributed by atoms with Crippen LogP contribution in [0.3, 0.4) is 0 Å². The number of aliphatic imine (C=N–C) groups is 1. The van der Waals surface area contributed by atoms with Crippen LogP contribution in [0.1, 0.15) is 6.92 Å². The van der Waals surface area contributed by atoms with Gasteiger partial charge in [0.1, 0.15) is 0 Å². The van der Waals surface area contributed by atoms with Crippen LogP contribution < -0.4 is 15.4 Å². The van der Waals surface area contributed by atoms with Crippen LogP contribution in [-0.4, -0.2) is 59.2 Å². The number of rotatable bonds is 10. The normalized spacial score (nSPS) is 12.0. The number of guanidine groups is 1. The van der Waals surface area contributed by atoms with E-state index < -0.39 is 14.9 Å². The Labute approximate surface area is 146 Å². The van der Waals surface area contributed by atoms with Crippen molar-refractivity contribution >= 4 is 21.7 Å². The lowest BCUT2D eigenvalue weighted by atomic mass is 10.3. The molecule has 0 amide bonds. The average Bonchev–Trinajstić information content (AvgIpc) is 2.60. The number of benzene rings is 1. The lowest BCUT2D eigenvalue weighted by Crippen LogP contribution is -2.42. The second kappa shape index (κ2) is 10.6. The van der Waals surface area contributed by atoms with Crippen molar-refractivity contribution in [3.05, 3.63) is 34.4 Å². The van der Waals surface area contributed by atoms with E-state index in [9.17, 15) is 18.5 Å². The molecular weight excluding hydrogens is 350 g/mol. The Hall–Kier alpha value is -2.24. The predicted molar refractivity (Wildman–Crippen MR) is 94.1 cm³/mol. The van der Waals surface area contributed by atoms with Crippen molar-refractivity contribution in [2.24, 2.45) is 4.99 Å². The van der Waals surface area contributed by atoms with Gasteiger partial charge in [0, 0.05) is 45.4 Å². The fourth-order valence-corrected chi connectivity index (χ4v) is 2.89. The van der Waals surface area contributed by atoms with Crippen molar-refractivity contribution in [1.82, 2.24) is 15.4 Å². The molecule has 1 aromatic rings. The molecule has 25 heavy (non-hydrogen) atoms. The number of ether oxygens (including phenoxy) is 1. The van der Waals surface area contributed by atoms with Crippen LogP contribution in [0.25, 0.3) is 0 Å². The van der Waals surface area contributed by atoms with Crippen molar-refractivity contribution in [2.45, 2.75) is 11.8 Å². The second-order valence-electron chi connectivity index (χ2n) is 4.77. The van der Waals surface area contributed by atoms with E-state index in [-0.39, 0.29) is 17.1 Å². The highest BCUT2D eigenvalue weighted by molar-refractivity contribution is 7.89. The number of nitro benzene ring substituents is 1. The third kappa shape index (κ3) is 7.45. The van der Waals surface area contributed by atoms with Gasteiger partial charge < -0.3 is 15.4 Å². The van der Waals surface area contributed by atoms with E-state index in [1.807, 2.05) is 6.92 Å². The third-order valence-electron chi connectivity index (χ3n) is 3.01. The summed E-state index contributed by atoms with van der Waals surface area (Å²) in [6, 6.07) is 4.88. The predicted octanol–water partition coefficient (Wildman–Crippen LogP) is 0.0746. The molecule has 140 valence electrons. The minimum atomic E-state index is -3.82. The summed E-state index contributed by atoms with van der Waals surface area (Å²) in [5.74, 6) is 0.522. The van der Waals surface area contributed by atoms with E-state index in [1.54, 1.807) is 7.05 Å². The van der Waals surface area contributed by atoms with Gasteiger partial charge in [0.25, 0.3) is 5.69 Å². The van der Waals surface area contributed by atoms with Crippen molar-refractivity contribution in [3.8, 4) is 0 Å². The maximum absolute atomic E-state index is 12.1. The first-order chi connectivity index (χ1) is 11.9. The van der Waals surface area contributed by atoms with E-state index >= 15 is 0 Å². The van der Waals surface area contributed by atoms with Gasteiger partial charge in [-0.15, -0.1) is 0 Å². The molecule has 11 heteroatoms. The summed E-state index contributed by atoms with van der Waals surface area (Å²) in [4.78, 5) is 13.9. The van der Waals surface area contributed by atoms with Crippen molar-refractivity contribution in [3.63, 3.8) is 0 Å². The van der Waals surface area contributed by atoms with Crippen LogP contribution in [0, 0.1) is 10.1 Å². The van der Waals surface area contributed by atoms with Gasteiger partial charge >= 0.3 is 0 Å². The third-order valence-corrected chi connectivity index (χ3v) is 4.47. The van der Waals surface area contributed by atoms with Gasteiger partial charge in [-0.1, -0.05) is 6.07 Å². The summed E-state index contributed by atoms with van der Waals surface area (Å²) in [7, 11) is -2.22. The number of hydrogen-bond donors (Lipinski definition) is 3. The number of hydrogen-bond acceptors (Lipinski definition) is 6. The first-order valence-corrected chi connectivity index (χ1v) is 9.15. The molecule has 0 radical (unpaired) electrons. The zero-order chi connectivity index (χ0) is 18.7. The fraction of sp³-hybridized carbons (Fsp3) is 0.500. The summed E-state index contributed by atoms with van der Waals surface area (Å²) >= 11 is 0. The van der Waals surface area contributed by atoms with Crippen LogP contribution in [0.2, 0.25) is 0 Å². The zero-order valence-corrected chi connectivity index (χ0v) is 15.0. The maximum Gasteiger partial charge on any atom is 0.270 e. The second-order valence-corrected chi connectivity index (χ2v) is 6.54. The minimum Gasteiger partial charge on any atom is -0.380 e. The molecule has 0 aromatic heterocycles. The van der Waals surface area contributed by atoms with Gasteiger partial charge in [-0.05, 0) is 13.0 Å². The molecule has 0 heterocycles. The summed E-state index contributed by atoms with van der Waals surface area (Å²) in [5.41, 5.74) is -0.278. The van der Waals surface area contributed by atoms with Crippen molar-refractivity contribution in [2.75, 3.05) is 39.9 Å². The molecule has 0 aliphatic carbocycles. The molecule has 0 unspecified atom stereocenters. The van der Waals surface area contributed by atoms with Crippen LogP contribution in [-0.2, 0) is 14.8 Å². The Balaban J connectivity index is 2.46. The number of sulfonamides is 1. The molecular formula is C14H23N5O5S. The van der Waals surface area contributed by atoms with Crippen LogP contribution in [0.15, 0.2) is 34.2 Å². The molecule has 1 aromatic carbocycles. The SMILES string of the molecule is CCOCCNC(=NC)NCCNS(=O)(=O)c1cccc([N+](=O)[O-])c1. The lowest BCUT2D eigenvalue weighted by molar-refractivity contribution is -0.385. The molecule has 0 saturated heterocycles. The molecule has 1 rings (SSSR count). The highest BCUT2D eigenvalue weighted by atomic mass is 32.2. The molecule has 0 fully saturated rings. The van der Waals surface area contributed by atoms with Gasteiger partial charge in [0.2, 0.25) is 10.0 Å². The highest BCUT2D eigenvalue weighted by Gasteiger charge is 2.16. The number of non-ortho nitro benzene ring substituents is 1. The number of nitro groups is 1. The molecule has 10 nitrogen and oxygen atoms in total. The first kappa shape index (κ1) is 20.8. The van der Waals surface area contributed by atoms with Crippen molar-refractivity contribution in [1.29, 1.82) is 0 Å². The highest BCUT2D eigenvalue weighted by Crippen LogP contribution is 2.16. The molecule has 0 atom stereocenters. The summed E-state index contributed by atoms with van der Waals surface area (Å²) < 4.78 is 31.8. The standard InChI is InChI=1S/C14H23N5O5S/c1-3-24-10-9-17-14(15-2)16-7-8-18-25(22,23)13-6-4-5-12(11-13)19(20)21/h4-6,11,18H,3,7-10H2,1-2H3,(H2,15,16,17). The lowest BCUT2D eigenvalue weighted by Gasteiger charge is -2.12. The largest absolute Gasteiger partial charge is 0.380 e. The van der Waals surface area contributed by atoms with Crippen LogP contribution in [0.4, 0.5) is 5.69 Å². The van der Waals surface area contributed by atoms with E-state index in [0.29, 0.717) is 32.3 Å². The minimum absolute atomic E-state index is 0.0944. The van der Waals surface area contributed by atoms with Crippen LogP contribution >= 0.6 is 0 Å². The Morgan fingerprint density at radius 3 is 2.64 bits per heavy atom. The summed E-state index contributed by atoms with van der Waals surface area (Å²) in [6.45, 7) is 4.04. The van der Waals surface area contributed by atoms with Crippen LogP contribution in [0.5, 0.6) is 0 Å². The Bertz CT molecular complexity index is 693. The smallest absolute Gasteiger partial charge is 0.270 e. The maximum atomic E-state index is 12.1. The van der Waals surface area contributed by atoms with Gasteiger partial charge in [0.05, 0.1) is 16.4 Å². The van der Waals surface area contributed by atoms with E-state index in [4.69, 9.17) is 4.74 Å². The molecule has 0 spiro atoms. The molecule has 0 aliphatic heterocycles. The first-order valence-electron chi connectivity index (χ1n) is 7.67. The van der Waals surface area contributed by atoms with Crippen molar-refractivity contribution < 1.29 is 18.1 Å². The molecule has 0 bridgehead atoms. The molecule has 0 aliphatic rings. The van der Waals surface area contributed by atoms with E-state index in [0.717, 1.165) is 6.07 Å². The number of nitrogens with zero attached hydrogens (tertiary/aromatic N) is 2. The van der Waals surface area contributed by atoms with Gasteiger partial charge in [0.15, 0.2) is 5.96 Å². The van der Waals surface area contributed by atoms with Gasteiger partial charge in [-0.25, -0.2) is 13.1 Å². The van der Waals surface area contributed by atoms with E-state index in [2.05, 4.69) is 20.3 Å². The topological polar surface area (TPSA) is 135 Å². The quantitative estimate of drug-likeness (QED) is 0.174. The average molecular weight is 373 g/mol. The number of nitrogens with one attached hydrogen (secondary N) is 3. The van der Waals surface area contributed by atoms with Gasteiger partial charge in [-0.3, -0.25) is 15.1 Å². The van der Waals surface area contributed by atoms with Gasteiger partial charge in [-0.2, -0.15) is 0 Å².